The van der Waals surface area contributed by atoms with Gasteiger partial charge in [0.2, 0.25) is 0 Å². The van der Waals surface area contributed by atoms with E-state index in [-0.39, 0.29) is 0 Å². The van der Waals surface area contributed by atoms with Gasteiger partial charge in [0.05, 0.1) is 0 Å². The molecule has 5 heteroatoms. The van der Waals surface area contributed by atoms with E-state index in [2.05, 4.69) is 5.32 Å². The van der Waals surface area contributed by atoms with Gasteiger partial charge in [0, 0.05) is 24.7 Å². The van der Waals surface area contributed by atoms with E-state index in [1.54, 1.807) is 4.90 Å². The number of halogens is 1. The Morgan fingerprint density at radius 2 is 1.79 bits per heavy atom. The molecule has 1 aromatic rings. The fourth-order valence-corrected chi connectivity index (χ4v) is 2.24. The Kier molecular flexibility index (Phi) is 4.80. The lowest BCUT2D eigenvalue weighted by Gasteiger charge is -2.14. The molecule has 1 saturated heterocycles. The number of carbonyl (C=O) groups is 2. The summed E-state index contributed by atoms with van der Waals surface area (Å²) in [6.07, 6.45) is 2.67. The average Bonchev–Trinajstić information content (AvgIpc) is 2.94. The van der Waals surface area contributed by atoms with E-state index in [1.165, 1.54) is 0 Å². The maximum Gasteiger partial charge on any atom is 0.311 e. The molecule has 0 saturated carbocycles. The fourth-order valence-electron chi connectivity index (χ4n) is 2.11. The normalized spacial score (nSPS) is 14.5. The topological polar surface area (TPSA) is 49.4 Å². The van der Waals surface area contributed by atoms with Gasteiger partial charge in [-0.2, -0.15) is 0 Å². The highest BCUT2D eigenvalue weighted by Gasteiger charge is 2.23. The van der Waals surface area contributed by atoms with Gasteiger partial charge >= 0.3 is 11.8 Å². The van der Waals surface area contributed by atoms with Crippen molar-refractivity contribution in [1.82, 2.24) is 10.2 Å². The summed E-state index contributed by atoms with van der Waals surface area (Å²) in [4.78, 5) is 25.0. The number of likely N-dealkylation sites (tertiary alicyclic amines) is 1. The lowest BCUT2D eigenvalue weighted by molar-refractivity contribution is -0.145. The van der Waals surface area contributed by atoms with Crippen LogP contribution in [0.15, 0.2) is 24.3 Å². The van der Waals surface area contributed by atoms with Crippen LogP contribution < -0.4 is 5.32 Å². The molecule has 2 rings (SSSR count). The van der Waals surface area contributed by atoms with Crippen LogP contribution in [0.1, 0.15) is 18.4 Å². The summed E-state index contributed by atoms with van der Waals surface area (Å²) in [7, 11) is 0. The van der Waals surface area contributed by atoms with Crippen LogP contribution in [0.25, 0.3) is 0 Å². The molecule has 19 heavy (non-hydrogen) atoms. The highest BCUT2D eigenvalue weighted by atomic mass is 35.5. The first-order valence-electron chi connectivity index (χ1n) is 6.48. The summed E-state index contributed by atoms with van der Waals surface area (Å²) >= 11 is 5.79. The van der Waals surface area contributed by atoms with Crippen LogP contribution in [-0.4, -0.2) is 36.3 Å². The van der Waals surface area contributed by atoms with Crippen molar-refractivity contribution in [2.45, 2.75) is 19.3 Å². The Morgan fingerprint density at radius 3 is 2.42 bits per heavy atom. The zero-order valence-corrected chi connectivity index (χ0v) is 11.4. The summed E-state index contributed by atoms with van der Waals surface area (Å²) in [6, 6.07) is 7.45. The molecule has 0 aromatic heterocycles. The smallest absolute Gasteiger partial charge is 0.311 e. The van der Waals surface area contributed by atoms with Crippen LogP contribution in [0.2, 0.25) is 5.02 Å². The highest BCUT2D eigenvalue weighted by Crippen LogP contribution is 2.10. The minimum absolute atomic E-state index is 0.409. The van der Waals surface area contributed by atoms with Gasteiger partial charge in [-0.15, -0.1) is 0 Å². The van der Waals surface area contributed by atoms with Crippen molar-refractivity contribution in [3.05, 3.63) is 34.9 Å². The minimum atomic E-state index is -0.504. The summed E-state index contributed by atoms with van der Waals surface area (Å²) in [5.74, 6) is -0.913. The maximum atomic E-state index is 11.7. The molecule has 1 heterocycles. The molecule has 0 radical (unpaired) electrons. The predicted molar refractivity (Wildman–Crippen MR) is 74.0 cm³/mol. The summed E-state index contributed by atoms with van der Waals surface area (Å²) in [5, 5.41) is 3.35. The van der Waals surface area contributed by atoms with E-state index in [1.807, 2.05) is 24.3 Å². The Morgan fingerprint density at radius 1 is 1.16 bits per heavy atom. The van der Waals surface area contributed by atoms with Gasteiger partial charge in [-0.3, -0.25) is 9.59 Å². The summed E-state index contributed by atoms with van der Waals surface area (Å²) in [6.45, 7) is 1.85. The number of amides is 2. The van der Waals surface area contributed by atoms with Crippen LogP contribution in [-0.2, 0) is 16.0 Å². The first-order valence-corrected chi connectivity index (χ1v) is 6.86. The lowest BCUT2D eigenvalue weighted by atomic mass is 10.1. The van der Waals surface area contributed by atoms with Crippen LogP contribution in [0.5, 0.6) is 0 Å². The summed E-state index contributed by atoms with van der Waals surface area (Å²) < 4.78 is 0. The van der Waals surface area contributed by atoms with Gasteiger partial charge in [0.15, 0.2) is 0 Å². The molecule has 1 aliphatic heterocycles. The van der Waals surface area contributed by atoms with E-state index in [4.69, 9.17) is 11.6 Å². The van der Waals surface area contributed by atoms with Crippen LogP contribution in [0, 0.1) is 0 Å². The third kappa shape index (κ3) is 3.96. The number of benzene rings is 1. The zero-order valence-electron chi connectivity index (χ0n) is 10.7. The van der Waals surface area contributed by atoms with Crippen LogP contribution in [0.3, 0.4) is 0 Å². The molecule has 1 aliphatic rings. The zero-order chi connectivity index (χ0) is 13.7. The minimum Gasteiger partial charge on any atom is -0.347 e. The first kappa shape index (κ1) is 13.9. The molecule has 0 spiro atoms. The lowest BCUT2D eigenvalue weighted by Crippen LogP contribution is -2.42. The molecule has 1 fully saturated rings. The maximum absolute atomic E-state index is 11.7. The number of nitrogens with one attached hydrogen (secondary N) is 1. The average molecular weight is 281 g/mol. The van der Waals surface area contributed by atoms with E-state index < -0.39 is 11.8 Å². The molecular weight excluding hydrogens is 264 g/mol. The standard InChI is InChI=1S/C14H17ClN2O2/c15-12-5-3-11(4-6-12)7-8-16-13(18)14(19)17-9-1-2-10-17/h3-6H,1-2,7-10H2,(H,16,18). The van der Waals surface area contributed by atoms with Gasteiger partial charge < -0.3 is 10.2 Å². The molecule has 0 bridgehead atoms. The molecular formula is C14H17ClN2O2. The van der Waals surface area contributed by atoms with Gasteiger partial charge in [0.1, 0.15) is 0 Å². The molecule has 0 unspecified atom stereocenters. The Bertz CT molecular complexity index is 453. The predicted octanol–water partition coefficient (Wildman–Crippen LogP) is 1.62. The van der Waals surface area contributed by atoms with Crippen molar-refractivity contribution >= 4 is 23.4 Å². The van der Waals surface area contributed by atoms with E-state index in [0.717, 1.165) is 18.4 Å². The number of hydrogen-bond acceptors (Lipinski definition) is 2. The monoisotopic (exact) mass is 280 g/mol. The molecule has 2 amide bonds. The van der Waals surface area contributed by atoms with Crippen molar-refractivity contribution in [2.75, 3.05) is 19.6 Å². The second kappa shape index (κ2) is 6.57. The summed E-state index contributed by atoms with van der Waals surface area (Å²) in [5.41, 5.74) is 1.08. The number of nitrogens with zero attached hydrogens (tertiary/aromatic N) is 1. The van der Waals surface area contributed by atoms with Gasteiger partial charge in [-0.1, -0.05) is 23.7 Å². The largest absolute Gasteiger partial charge is 0.347 e. The quantitative estimate of drug-likeness (QED) is 0.856. The second-order valence-electron chi connectivity index (χ2n) is 4.63. The molecule has 1 N–H and O–H groups in total. The van der Waals surface area contributed by atoms with Crippen molar-refractivity contribution in [1.29, 1.82) is 0 Å². The van der Waals surface area contributed by atoms with Crippen molar-refractivity contribution in [2.24, 2.45) is 0 Å². The van der Waals surface area contributed by atoms with E-state index in [9.17, 15) is 9.59 Å². The molecule has 0 aliphatic carbocycles. The van der Waals surface area contributed by atoms with Gasteiger partial charge in [-0.25, -0.2) is 0 Å². The SMILES string of the molecule is O=C(NCCc1ccc(Cl)cc1)C(=O)N1CCCC1. The van der Waals surface area contributed by atoms with Gasteiger partial charge in [0.25, 0.3) is 0 Å². The first-order chi connectivity index (χ1) is 9.16. The molecule has 4 nitrogen and oxygen atoms in total. The van der Waals surface area contributed by atoms with Crippen molar-refractivity contribution in [3.63, 3.8) is 0 Å². The Balaban J connectivity index is 1.74. The molecule has 102 valence electrons. The third-order valence-corrected chi connectivity index (χ3v) is 3.45. The highest BCUT2D eigenvalue weighted by molar-refractivity contribution is 6.35. The molecule has 0 atom stereocenters. The van der Waals surface area contributed by atoms with Gasteiger partial charge in [-0.05, 0) is 37.0 Å². The second-order valence-corrected chi connectivity index (χ2v) is 5.07. The Labute approximate surface area is 117 Å². The van der Waals surface area contributed by atoms with Crippen LogP contribution >= 0.6 is 11.6 Å². The van der Waals surface area contributed by atoms with E-state index >= 15 is 0 Å². The fraction of sp³-hybridized carbons (Fsp3) is 0.429. The van der Waals surface area contributed by atoms with Crippen LogP contribution in [0.4, 0.5) is 0 Å². The number of carbonyl (C=O) groups excluding carboxylic acids is 2. The number of rotatable bonds is 3. The Hall–Kier alpha value is -1.55. The third-order valence-electron chi connectivity index (χ3n) is 3.20. The molecule has 1 aromatic carbocycles. The van der Waals surface area contributed by atoms with E-state index in [0.29, 0.717) is 31.1 Å². The van der Waals surface area contributed by atoms with Crippen molar-refractivity contribution in [3.8, 4) is 0 Å². The number of hydrogen-bond donors (Lipinski definition) is 1. The van der Waals surface area contributed by atoms with Crippen molar-refractivity contribution < 1.29 is 9.59 Å².